The van der Waals surface area contributed by atoms with Crippen LogP contribution in [0, 0.1) is 5.92 Å². The quantitative estimate of drug-likeness (QED) is 0.764. The number of rotatable bonds is 2. The molecule has 0 heterocycles. The third-order valence-electron chi connectivity index (χ3n) is 2.68. The van der Waals surface area contributed by atoms with Crippen LogP contribution in [-0.4, -0.2) is 36.6 Å². The summed E-state index contributed by atoms with van der Waals surface area (Å²) in [4.78, 5) is 12.3. The minimum absolute atomic E-state index is 0.284. The SMILES string of the molecule is CN(CC(F)(F)F)C(=O)C1CCCC1N. The Bertz CT molecular complexity index is 242. The lowest BCUT2D eigenvalue weighted by Crippen LogP contribution is -2.43. The maximum atomic E-state index is 12.0. The van der Waals surface area contributed by atoms with Crippen LogP contribution in [0.25, 0.3) is 0 Å². The Labute approximate surface area is 86.4 Å². The first-order chi connectivity index (χ1) is 6.81. The van der Waals surface area contributed by atoms with Crippen molar-refractivity contribution in [3.05, 3.63) is 0 Å². The Morgan fingerprint density at radius 1 is 1.47 bits per heavy atom. The zero-order chi connectivity index (χ0) is 11.6. The van der Waals surface area contributed by atoms with Crippen LogP contribution in [0.2, 0.25) is 0 Å². The standard InChI is InChI=1S/C9H15F3N2O/c1-14(5-9(10,11)12)8(15)6-3-2-4-7(6)13/h6-7H,2-5,13H2,1H3. The Hall–Kier alpha value is -0.780. The predicted octanol–water partition coefficient (Wildman–Crippen LogP) is 1.13. The van der Waals surface area contributed by atoms with E-state index in [1.165, 1.54) is 7.05 Å². The third kappa shape index (κ3) is 3.37. The smallest absolute Gasteiger partial charge is 0.336 e. The van der Waals surface area contributed by atoms with Crippen molar-refractivity contribution in [1.82, 2.24) is 4.90 Å². The van der Waals surface area contributed by atoms with Gasteiger partial charge in [-0.05, 0) is 12.8 Å². The van der Waals surface area contributed by atoms with Gasteiger partial charge in [0.05, 0.1) is 5.92 Å². The van der Waals surface area contributed by atoms with Crippen molar-refractivity contribution in [2.45, 2.75) is 31.5 Å². The first-order valence-corrected chi connectivity index (χ1v) is 4.88. The Kier molecular flexibility index (Phi) is 3.59. The second-order valence-corrected chi connectivity index (χ2v) is 4.01. The Morgan fingerprint density at radius 3 is 2.47 bits per heavy atom. The second-order valence-electron chi connectivity index (χ2n) is 4.01. The molecule has 1 aliphatic rings. The van der Waals surface area contributed by atoms with Gasteiger partial charge in [-0.1, -0.05) is 6.42 Å². The fourth-order valence-electron chi connectivity index (χ4n) is 1.93. The molecule has 0 radical (unpaired) electrons. The van der Waals surface area contributed by atoms with Crippen molar-refractivity contribution < 1.29 is 18.0 Å². The molecule has 2 N–H and O–H groups in total. The van der Waals surface area contributed by atoms with Gasteiger partial charge < -0.3 is 10.6 Å². The van der Waals surface area contributed by atoms with Gasteiger partial charge in [0.2, 0.25) is 5.91 Å². The first kappa shape index (κ1) is 12.3. The van der Waals surface area contributed by atoms with Gasteiger partial charge in [0.15, 0.2) is 0 Å². The van der Waals surface area contributed by atoms with Crippen molar-refractivity contribution >= 4 is 5.91 Å². The number of hydrogen-bond donors (Lipinski definition) is 1. The molecule has 0 spiro atoms. The molecule has 0 saturated heterocycles. The highest BCUT2D eigenvalue weighted by atomic mass is 19.4. The van der Waals surface area contributed by atoms with E-state index >= 15 is 0 Å². The van der Waals surface area contributed by atoms with Crippen LogP contribution in [-0.2, 0) is 4.79 Å². The monoisotopic (exact) mass is 224 g/mol. The minimum atomic E-state index is -4.34. The summed E-state index contributed by atoms with van der Waals surface area (Å²) in [5.74, 6) is -0.922. The van der Waals surface area contributed by atoms with Crippen LogP contribution in [0.3, 0.4) is 0 Å². The van der Waals surface area contributed by atoms with E-state index in [9.17, 15) is 18.0 Å². The summed E-state index contributed by atoms with van der Waals surface area (Å²) in [5.41, 5.74) is 5.65. The van der Waals surface area contributed by atoms with Crippen LogP contribution >= 0.6 is 0 Å². The Morgan fingerprint density at radius 2 is 2.07 bits per heavy atom. The maximum Gasteiger partial charge on any atom is 0.406 e. The van der Waals surface area contributed by atoms with Gasteiger partial charge in [0.25, 0.3) is 0 Å². The van der Waals surface area contributed by atoms with E-state index in [4.69, 9.17) is 5.73 Å². The van der Waals surface area contributed by atoms with Crippen LogP contribution in [0.5, 0.6) is 0 Å². The van der Waals surface area contributed by atoms with E-state index in [0.717, 1.165) is 17.7 Å². The summed E-state index contributed by atoms with van der Waals surface area (Å²) in [5, 5.41) is 0. The molecule has 1 rings (SSSR count). The van der Waals surface area contributed by atoms with E-state index in [1.807, 2.05) is 0 Å². The van der Waals surface area contributed by atoms with Crippen LogP contribution < -0.4 is 5.73 Å². The summed E-state index contributed by atoms with van der Waals surface area (Å²) in [7, 11) is 1.17. The molecule has 3 nitrogen and oxygen atoms in total. The molecule has 2 unspecified atom stereocenters. The molecule has 6 heteroatoms. The van der Waals surface area contributed by atoms with Crippen LogP contribution in [0.1, 0.15) is 19.3 Å². The molecule has 0 aromatic carbocycles. The molecule has 88 valence electrons. The molecule has 1 fully saturated rings. The lowest BCUT2D eigenvalue weighted by Gasteiger charge is -2.24. The average molecular weight is 224 g/mol. The van der Waals surface area contributed by atoms with Gasteiger partial charge in [0.1, 0.15) is 6.54 Å². The minimum Gasteiger partial charge on any atom is -0.336 e. The van der Waals surface area contributed by atoms with Gasteiger partial charge >= 0.3 is 6.18 Å². The molecule has 1 saturated carbocycles. The van der Waals surface area contributed by atoms with E-state index in [1.54, 1.807) is 0 Å². The highest BCUT2D eigenvalue weighted by molar-refractivity contribution is 5.79. The summed E-state index contributed by atoms with van der Waals surface area (Å²) in [6.45, 7) is -1.20. The molecule has 1 aliphatic carbocycles. The van der Waals surface area contributed by atoms with Gasteiger partial charge in [-0.2, -0.15) is 13.2 Å². The third-order valence-corrected chi connectivity index (χ3v) is 2.68. The summed E-state index contributed by atoms with van der Waals surface area (Å²) in [6.07, 6.45) is -2.21. The molecule has 1 amide bonds. The average Bonchev–Trinajstić information content (AvgIpc) is 2.47. The number of alkyl halides is 3. The zero-order valence-corrected chi connectivity index (χ0v) is 8.55. The lowest BCUT2D eigenvalue weighted by molar-refractivity contribution is -0.161. The molecule has 0 aromatic rings. The normalized spacial score (nSPS) is 26.7. The van der Waals surface area contributed by atoms with E-state index in [0.29, 0.717) is 6.42 Å². The summed E-state index contributed by atoms with van der Waals surface area (Å²) in [6, 6.07) is -0.284. The van der Waals surface area contributed by atoms with Crippen molar-refractivity contribution in [3.63, 3.8) is 0 Å². The van der Waals surface area contributed by atoms with Gasteiger partial charge in [-0.15, -0.1) is 0 Å². The number of amides is 1. The molecular formula is C9H15F3N2O. The van der Waals surface area contributed by atoms with Crippen molar-refractivity contribution in [1.29, 1.82) is 0 Å². The van der Waals surface area contributed by atoms with Crippen molar-refractivity contribution in [2.75, 3.05) is 13.6 Å². The highest BCUT2D eigenvalue weighted by Gasteiger charge is 2.36. The van der Waals surface area contributed by atoms with Crippen molar-refractivity contribution in [2.24, 2.45) is 11.7 Å². The first-order valence-electron chi connectivity index (χ1n) is 4.88. The number of nitrogens with zero attached hydrogens (tertiary/aromatic N) is 1. The van der Waals surface area contributed by atoms with E-state index < -0.39 is 24.5 Å². The number of halogens is 3. The van der Waals surface area contributed by atoms with E-state index in [-0.39, 0.29) is 6.04 Å². The van der Waals surface area contributed by atoms with Gasteiger partial charge in [-0.25, -0.2) is 0 Å². The largest absolute Gasteiger partial charge is 0.406 e. The Balaban J connectivity index is 2.52. The summed E-state index contributed by atoms with van der Waals surface area (Å²) >= 11 is 0. The fraction of sp³-hybridized carbons (Fsp3) is 0.889. The number of hydrogen-bond acceptors (Lipinski definition) is 2. The molecule has 2 atom stereocenters. The number of carbonyl (C=O) groups is 1. The highest BCUT2D eigenvalue weighted by Crippen LogP contribution is 2.26. The van der Waals surface area contributed by atoms with Crippen LogP contribution in [0.4, 0.5) is 13.2 Å². The van der Waals surface area contributed by atoms with Crippen LogP contribution in [0.15, 0.2) is 0 Å². The molecule has 15 heavy (non-hydrogen) atoms. The maximum absolute atomic E-state index is 12.0. The predicted molar refractivity (Wildman–Crippen MR) is 49.0 cm³/mol. The topological polar surface area (TPSA) is 46.3 Å². The van der Waals surface area contributed by atoms with Gasteiger partial charge in [0, 0.05) is 13.1 Å². The molecular weight excluding hydrogens is 209 g/mol. The second kappa shape index (κ2) is 4.38. The fourth-order valence-corrected chi connectivity index (χ4v) is 1.93. The van der Waals surface area contributed by atoms with E-state index in [2.05, 4.69) is 0 Å². The number of carbonyl (C=O) groups excluding carboxylic acids is 1. The molecule has 0 bridgehead atoms. The number of nitrogens with two attached hydrogens (primary N) is 1. The van der Waals surface area contributed by atoms with Gasteiger partial charge in [-0.3, -0.25) is 4.79 Å². The summed E-state index contributed by atoms with van der Waals surface area (Å²) < 4.78 is 36.1. The van der Waals surface area contributed by atoms with Crippen molar-refractivity contribution in [3.8, 4) is 0 Å². The molecule has 0 aromatic heterocycles. The zero-order valence-electron chi connectivity index (χ0n) is 8.55. The molecule has 0 aliphatic heterocycles. The lowest BCUT2D eigenvalue weighted by atomic mass is 10.0.